The van der Waals surface area contributed by atoms with E-state index in [2.05, 4.69) is 35.6 Å². The lowest BCUT2D eigenvalue weighted by atomic mass is 9.83. The van der Waals surface area contributed by atoms with Crippen LogP contribution in [0, 0.1) is 5.92 Å². The van der Waals surface area contributed by atoms with Crippen LogP contribution in [0.2, 0.25) is 0 Å². The van der Waals surface area contributed by atoms with Gasteiger partial charge in [0.25, 0.3) is 0 Å². The summed E-state index contributed by atoms with van der Waals surface area (Å²) in [6.07, 6.45) is 6.45. The van der Waals surface area contributed by atoms with E-state index >= 15 is 0 Å². The van der Waals surface area contributed by atoms with Gasteiger partial charge in [-0.3, -0.25) is 4.79 Å². The van der Waals surface area contributed by atoms with Gasteiger partial charge in [0, 0.05) is 19.0 Å². The number of hydrogen-bond acceptors (Lipinski definition) is 3. The van der Waals surface area contributed by atoms with Crippen molar-refractivity contribution in [2.24, 2.45) is 5.92 Å². The molecule has 2 rings (SSSR count). The van der Waals surface area contributed by atoms with Gasteiger partial charge in [0.2, 0.25) is 0 Å². The fraction of sp³-hybridized carbons (Fsp3) is 0.588. The Morgan fingerprint density at radius 3 is 2.55 bits per heavy atom. The van der Waals surface area contributed by atoms with Crippen LogP contribution in [0.3, 0.4) is 0 Å². The molecule has 1 aliphatic carbocycles. The molecule has 1 aromatic carbocycles. The van der Waals surface area contributed by atoms with Gasteiger partial charge in [-0.1, -0.05) is 30.3 Å². The molecule has 0 bridgehead atoms. The third-order valence-electron chi connectivity index (χ3n) is 4.27. The number of carbonyl (C=O) groups excluding carboxylic acids is 1. The summed E-state index contributed by atoms with van der Waals surface area (Å²) in [5.41, 5.74) is 1.35. The first kappa shape index (κ1) is 15.0. The van der Waals surface area contributed by atoms with Crippen LogP contribution in [0.5, 0.6) is 0 Å². The first-order valence-corrected chi connectivity index (χ1v) is 7.62. The van der Waals surface area contributed by atoms with Crippen LogP contribution < -0.4 is 5.32 Å². The zero-order chi connectivity index (χ0) is 14.2. The lowest BCUT2D eigenvalue weighted by molar-refractivity contribution is -0.141. The van der Waals surface area contributed by atoms with Crippen LogP contribution in [0.15, 0.2) is 30.3 Å². The van der Waals surface area contributed by atoms with Crippen LogP contribution in [0.1, 0.15) is 44.1 Å². The molecule has 0 unspecified atom stereocenters. The van der Waals surface area contributed by atoms with Gasteiger partial charge in [0.1, 0.15) is 0 Å². The smallest absolute Gasteiger partial charge is 0.305 e. The third-order valence-corrected chi connectivity index (χ3v) is 4.27. The molecule has 110 valence electrons. The molecule has 0 amide bonds. The van der Waals surface area contributed by atoms with Gasteiger partial charge >= 0.3 is 5.97 Å². The van der Waals surface area contributed by atoms with Gasteiger partial charge in [0.15, 0.2) is 0 Å². The SMILES string of the molecule is COC(=O)CCC1CCC(NCc2ccccc2)CC1. The molecular formula is C17H25NO2. The molecule has 0 radical (unpaired) electrons. The Kier molecular flexibility index (Phi) is 6.06. The van der Waals surface area contributed by atoms with E-state index in [0.717, 1.165) is 13.0 Å². The Balaban J connectivity index is 1.63. The van der Waals surface area contributed by atoms with E-state index < -0.39 is 0 Å². The Morgan fingerprint density at radius 1 is 1.20 bits per heavy atom. The molecule has 1 fully saturated rings. The Bertz CT molecular complexity index is 397. The molecule has 0 saturated heterocycles. The van der Waals surface area contributed by atoms with Gasteiger partial charge < -0.3 is 10.1 Å². The second kappa shape index (κ2) is 8.05. The molecule has 3 heteroatoms. The standard InChI is InChI=1S/C17H25NO2/c1-20-17(19)12-9-14-7-10-16(11-8-14)18-13-15-5-3-2-4-6-15/h2-6,14,16,18H,7-13H2,1H3. The van der Waals surface area contributed by atoms with Crippen molar-refractivity contribution in [1.82, 2.24) is 5.32 Å². The molecule has 1 saturated carbocycles. The molecule has 0 spiro atoms. The maximum Gasteiger partial charge on any atom is 0.305 e. The number of rotatable bonds is 6. The number of hydrogen-bond donors (Lipinski definition) is 1. The van der Waals surface area contributed by atoms with Crippen molar-refractivity contribution >= 4 is 5.97 Å². The lowest BCUT2D eigenvalue weighted by Crippen LogP contribution is -2.32. The Morgan fingerprint density at radius 2 is 1.90 bits per heavy atom. The van der Waals surface area contributed by atoms with Crippen molar-refractivity contribution in [3.05, 3.63) is 35.9 Å². The lowest BCUT2D eigenvalue weighted by Gasteiger charge is -2.29. The number of esters is 1. The van der Waals surface area contributed by atoms with Crippen molar-refractivity contribution < 1.29 is 9.53 Å². The minimum absolute atomic E-state index is 0.0747. The van der Waals surface area contributed by atoms with Gasteiger partial charge in [0.05, 0.1) is 7.11 Å². The van der Waals surface area contributed by atoms with Crippen LogP contribution >= 0.6 is 0 Å². The summed E-state index contributed by atoms with van der Waals surface area (Å²) in [4.78, 5) is 11.1. The minimum atomic E-state index is -0.0747. The summed E-state index contributed by atoms with van der Waals surface area (Å²) in [6, 6.07) is 11.2. The van der Waals surface area contributed by atoms with E-state index in [1.165, 1.54) is 38.4 Å². The van der Waals surface area contributed by atoms with Crippen LogP contribution in [0.25, 0.3) is 0 Å². The van der Waals surface area contributed by atoms with E-state index in [4.69, 9.17) is 4.74 Å². The fourth-order valence-electron chi connectivity index (χ4n) is 2.94. The van der Waals surface area contributed by atoms with Crippen molar-refractivity contribution in [1.29, 1.82) is 0 Å². The second-order valence-corrected chi connectivity index (χ2v) is 5.70. The maximum atomic E-state index is 11.1. The molecule has 0 aromatic heterocycles. The van der Waals surface area contributed by atoms with Crippen molar-refractivity contribution in [2.75, 3.05) is 7.11 Å². The van der Waals surface area contributed by atoms with Crippen molar-refractivity contribution in [3.63, 3.8) is 0 Å². The molecule has 3 nitrogen and oxygen atoms in total. The van der Waals surface area contributed by atoms with E-state index in [0.29, 0.717) is 18.4 Å². The van der Waals surface area contributed by atoms with Gasteiger partial charge in [-0.05, 0) is 43.6 Å². The molecule has 0 aliphatic heterocycles. The topological polar surface area (TPSA) is 38.3 Å². The fourth-order valence-corrected chi connectivity index (χ4v) is 2.94. The van der Waals surface area contributed by atoms with E-state index in [-0.39, 0.29) is 5.97 Å². The largest absolute Gasteiger partial charge is 0.469 e. The summed E-state index contributed by atoms with van der Waals surface area (Å²) in [7, 11) is 1.47. The van der Waals surface area contributed by atoms with Gasteiger partial charge in [-0.15, -0.1) is 0 Å². The number of carbonyl (C=O) groups is 1. The summed E-state index contributed by atoms with van der Waals surface area (Å²) in [6.45, 7) is 0.957. The molecule has 0 heterocycles. The van der Waals surface area contributed by atoms with Crippen LogP contribution in [0.4, 0.5) is 0 Å². The first-order chi connectivity index (χ1) is 9.78. The predicted molar refractivity (Wildman–Crippen MR) is 80.3 cm³/mol. The molecular weight excluding hydrogens is 250 g/mol. The molecule has 1 aromatic rings. The zero-order valence-corrected chi connectivity index (χ0v) is 12.3. The van der Waals surface area contributed by atoms with Crippen LogP contribution in [-0.4, -0.2) is 19.1 Å². The molecule has 1 aliphatic rings. The van der Waals surface area contributed by atoms with E-state index in [1.54, 1.807) is 0 Å². The number of ether oxygens (including phenoxy) is 1. The summed E-state index contributed by atoms with van der Waals surface area (Å²) >= 11 is 0. The highest BCUT2D eigenvalue weighted by molar-refractivity contribution is 5.69. The average Bonchev–Trinajstić information content (AvgIpc) is 2.52. The summed E-state index contributed by atoms with van der Waals surface area (Å²) in [5.74, 6) is 0.623. The number of methoxy groups -OCH3 is 1. The van der Waals surface area contributed by atoms with Gasteiger partial charge in [-0.2, -0.15) is 0 Å². The van der Waals surface area contributed by atoms with Crippen LogP contribution in [-0.2, 0) is 16.1 Å². The van der Waals surface area contributed by atoms with Gasteiger partial charge in [-0.25, -0.2) is 0 Å². The third kappa shape index (κ3) is 4.97. The molecule has 0 atom stereocenters. The highest BCUT2D eigenvalue weighted by atomic mass is 16.5. The normalized spacial score (nSPS) is 22.4. The highest BCUT2D eigenvalue weighted by Crippen LogP contribution is 2.28. The first-order valence-electron chi connectivity index (χ1n) is 7.62. The second-order valence-electron chi connectivity index (χ2n) is 5.70. The Hall–Kier alpha value is -1.35. The monoisotopic (exact) mass is 275 g/mol. The van der Waals surface area contributed by atoms with E-state index in [1.807, 2.05) is 0 Å². The molecule has 20 heavy (non-hydrogen) atoms. The van der Waals surface area contributed by atoms with Crippen molar-refractivity contribution in [3.8, 4) is 0 Å². The summed E-state index contributed by atoms with van der Waals surface area (Å²) in [5, 5.41) is 3.64. The number of nitrogens with one attached hydrogen (secondary N) is 1. The Labute approximate surface area is 121 Å². The summed E-state index contributed by atoms with van der Waals surface area (Å²) < 4.78 is 4.70. The maximum absolute atomic E-state index is 11.1. The predicted octanol–water partition coefficient (Wildman–Crippen LogP) is 3.29. The number of benzene rings is 1. The average molecular weight is 275 g/mol. The minimum Gasteiger partial charge on any atom is -0.469 e. The van der Waals surface area contributed by atoms with Crippen molar-refractivity contribution in [2.45, 2.75) is 51.1 Å². The zero-order valence-electron chi connectivity index (χ0n) is 12.3. The van der Waals surface area contributed by atoms with E-state index in [9.17, 15) is 4.79 Å². The molecule has 1 N–H and O–H groups in total. The quantitative estimate of drug-likeness (QED) is 0.810. The highest BCUT2D eigenvalue weighted by Gasteiger charge is 2.21.